The molecule has 0 aromatic rings. The number of carbonyl (C=O) groups is 1. The van der Waals surface area contributed by atoms with Crippen molar-refractivity contribution in [2.45, 2.75) is 32.1 Å². The second kappa shape index (κ2) is 4.84. The van der Waals surface area contributed by atoms with E-state index in [2.05, 4.69) is 16.6 Å². The fraction of sp³-hybridized carbons (Fsp3) is 0.700. The molecular formula is C10H16N4O. The van der Waals surface area contributed by atoms with E-state index in [1.165, 1.54) is 0 Å². The number of azide groups is 1. The molecule has 15 heavy (non-hydrogen) atoms. The van der Waals surface area contributed by atoms with Crippen LogP contribution in [0.2, 0.25) is 0 Å². The number of amides is 1. The molecule has 1 aliphatic rings. The van der Waals surface area contributed by atoms with E-state index in [1.54, 1.807) is 0 Å². The van der Waals surface area contributed by atoms with Crippen LogP contribution in [0.15, 0.2) is 17.3 Å². The third-order valence-electron chi connectivity index (χ3n) is 3.04. The van der Waals surface area contributed by atoms with Gasteiger partial charge in [-0.05, 0) is 37.6 Å². The second-order valence-corrected chi connectivity index (χ2v) is 4.13. The van der Waals surface area contributed by atoms with Gasteiger partial charge in [-0.1, -0.05) is 17.3 Å². The monoisotopic (exact) mass is 208 g/mol. The Bertz CT molecular complexity index is 319. The molecule has 0 aliphatic heterocycles. The lowest BCUT2D eigenvalue weighted by molar-refractivity contribution is -0.127. The molecule has 0 heterocycles. The van der Waals surface area contributed by atoms with E-state index in [0.29, 0.717) is 25.8 Å². The minimum Gasteiger partial charge on any atom is -0.369 e. The van der Waals surface area contributed by atoms with Gasteiger partial charge >= 0.3 is 0 Å². The molecule has 1 atom stereocenters. The molecule has 1 rings (SSSR count). The van der Waals surface area contributed by atoms with Gasteiger partial charge < -0.3 is 5.73 Å². The molecule has 1 unspecified atom stereocenters. The van der Waals surface area contributed by atoms with Crippen molar-refractivity contribution in [2.75, 3.05) is 6.54 Å². The lowest BCUT2D eigenvalue weighted by atomic mass is 9.80. The highest BCUT2D eigenvalue weighted by Crippen LogP contribution is 2.43. The summed E-state index contributed by atoms with van der Waals surface area (Å²) in [5, 5.41) is 3.45. The van der Waals surface area contributed by atoms with Crippen LogP contribution in [0.1, 0.15) is 32.1 Å². The summed E-state index contributed by atoms with van der Waals surface area (Å²) in [4.78, 5) is 14.1. The Kier molecular flexibility index (Phi) is 3.74. The summed E-state index contributed by atoms with van der Waals surface area (Å²) in [5.74, 6) is -0.248. The molecule has 0 spiro atoms. The molecule has 0 aromatic carbocycles. The average Bonchev–Trinajstić information content (AvgIpc) is 2.56. The first-order chi connectivity index (χ1) is 7.10. The Hall–Kier alpha value is -1.48. The number of hydrogen-bond acceptors (Lipinski definition) is 2. The topological polar surface area (TPSA) is 91.8 Å². The van der Waals surface area contributed by atoms with E-state index in [1.807, 2.05) is 0 Å². The van der Waals surface area contributed by atoms with Crippen LogP contribution in [-0.4, -0.2) is 12.5 Å². The summed E-state index contributed by atoms with van der Waals surface area (Å²) in [5.41, 5.74) is 14.2. The molecule has 1 aliphatic carbocycles. The highest BCUT2D eigenvalue weighted by molar-refractivity contribution is 5.81. The van der Waals surface area contributed by atoms with Gasteiger partial charge in [0.2, 0.25) is 5.91 Å². The minimum absolute atomic E-state index is 0.248. The maximum atomic E-state index is 11.4. The SMILES string of the molecule is C=C1CCC(CCCN=[N+]=[N-])(C(N)=O)C1. The molecule has 1 amide bonds. The van der Waals surface area contributed by atoms with Crippen molar-refractivity contribution in [1.82, 2.24) is 0 Å². The first kappa shape index (κ1) is 11.6. The molecule has 0 radical (unpaired) electrons. The maximum Gasteiger partial charge on any atom is 0.223 e. The van der Waals surface area contributed by atoms with Crippen LogP contribution >= 0.6 is 0 Å². The molecule has 1 saturated carbocycles. The van der Waals surface area contributed by atoms with Crippen molar-refractivity contribution in [3.63, 3.8) is 0 Å². The average molecular weight is 208 g/mol. The Labute approximate surface area is 89.0 Å². The highest BCUT2D eigenvalue weighted by Gasteiger charge is 2.40. The van der Waals surface area contributed by atoms with Crippen molar-refractivity contribution in [2.24, 2.45) is 16.3 Å². The number of rotatable bonds is 5. The third-order valence-corrected chi connectivity index (χ3v) is 3.04. The molecule has 82 valence electrons. The van der Waals surface area contributed by atoms with Gasteiger partial charge in [-0.3, -0.25) is 4.79 Å². The number of allylic oxidation sites excluding steroid dienone is 1. The molecule has 5 heteroatoms. The van der Waals surface area contributed by atoms with Crippen LogP contribution in [0, 0.1) is 5.41 Å². The number of nitrogens with two attached hydrogens (primary N) is 1. The van der Waals surface area contributed by atoms with Crippen molar-refractivity contribution in [1.29, 1.82) is 0 Å². The predicted octanol–water partition coefficient (Wildman–Crippen LogP) is 2.29. The zero-order valence-corrected chi connectivity index (χ0v) is 8.78. The van der Waals surface area contributed by atoms with E-state index in [9.17, 15) is 4.79 Å². The Morgan fingerprint density at radius 3 is 2.93 bits per heavy atom. The molecule has 2 N–H and O–H groups in total. The van der Waals surface area contributed by atoms with Gasteiger partial charge in [0, 0.05) is 11.5 Å². The second-order valence-electron chi connectivity index (χ2n) is 4.13. The Morgan fingerprint density at radius 2 is 2.47 bits per heavy atom. The summed E-state index contributed by atoms with van der Waals surface area (Å²) < 4.78 is 0. The number of primary amides is 1. The van der Waals surface area contributed by atoms with Gasteiger partial charge in [-0.15, -0.1) is 0 Å². The molecule has 1 fully saturated rings. The van der Waals surface area contributed by atoms with E-state index in [4.69, 9.17) is 11.3 Å². The van der Waals surface area contributed by atoms with Crippen LogP contribution in [0.4, 0.5) is 0 Å². The van der Waals surface area contributed by atoms with Crippen LogP contribution in [-0.2, 0) is 4.79 Å². The molecule has 5 nitrogen and oxygen atoms in total. The number of hydrogen-bond donors (Lipinski definition) is 1. The summed E-state index contributed by atoms with van der Waals surface area (Å²) >= 11 is 0. The van der Waals surface area contributed by atoms with E-state index >= 15 is 0 Å². The Morgan fingerprint density at radius 1 is 1.73 bits per heavy atom. The van der Waals surface area contributed by atoms with Crippen molar-refractivity contribution in [3.8, 4) is 0 Å². The van der Waals surface area contributed by atoms with Crippen molar-refractivity contribution >= 4 is 5.91 Å². The smallest absolute Gasteiger partial charge is 0.223 e. The fourth-order valence-corrected chi connectivity index (χ4v) is 2.15. The van der Waals surface area contributed by atoms with E-state index in [-0.39, 0.29) is 5.91 Å². The number of nitrogens with zero attached hydrogens (tertiary/aromatic N) is 3. The van der Waals surface area contributed by atoms with Crippen LogP contribution in [0.3, 0.4) is 0 Å². The zero-order valence-electron chi connectivity index (χ0n) is 8.78. The first-order valence-electron chi connectivity index (χ1n) is 5.08. The predicted molar refractivity (Wildman–Crippen MR) is 57.9 cm³/mol. The van der Waals surface area contributed by atoms with E-state index < -0.39 is 5.41 Å². The first-order valence-corrected chi connectivity index (χ1v) is 5.08. The lowest BCUT2D eigenvalue weighted by Gasteiger charge is -2.24. The minimum atomic E-state index is -0.429. The van der Waals surface area contributed by atoms with Crippen LogP contribution in [0.25, 0.3) is 10.4 Å². The van der Waals surface area contributed by atoms with Crippen molar-refractivity contribution < 1.29 is 4.79 Å². The van der Waals surface area contributed by atoms with E-state index in [0.717, 1.165) is 18.4 Å². The summed E-state index contributed by atoms with van der Waals surface area (Å²) in [6.07, 6.45) is 3.77. The lowest BCUT2D eigenvalue weighted by Crippen LogP contribution is -2.34. The standard InChI is InChI=1S/C10H16N4O/c1-8-3-5-10(7-8,9(11)15)4-2-6-13-14-12/h1-7H2,(H2,11,15). The molecular weight excluding hydrogens is 192 g/mol. The van der Waals surface area contributed by atoms with Gasteiger partial charge in [-0.25, -0.2) is 0 Å². The summed E-state index contributed by atoms with van der Waals surface area (Å²) in [6, 6.07) is 0. The van der Waals surface area contributed by atoms with Gasteiger partial charge in [0.25, 0.3) is 0 Å². The van der Waals surface area contributed by atoms with Gasteiger partial charge in [0.15, 0.2) is 0 Å². The number of carbonyl (C=O) groups excluding carboxylic acids is 1. The summed E-state index contributed by atoms with van der Waals surface area (Å²) in [7, 11) is 0. The Balaban J connectivity index is 2.55. The molecule has 0 aromatic heterocycles. The highest BCUT2D eigenvalue weighted by atomic mass is 16.1. The quantitative estimate of drug-likeness (QED) is 0.242. The normalized spacial score (nSPS) is 24.9. The van der Waals surface area contributed by atoms with Crippen LogP contribution in [0.5, 0.6) is 0 Å². The molecule has 0 bridgehead atoms. The van der Waals surface area contributed by atoms with Crippen molar-refractivity contribution in [3.05, 3.63) is 22.6 Å². The fourth-order valence-electron chi connectivity index (χ4n) is 2.15. The maximum absolute atomic E-state index is 11.4. The molecule has 0 saturated heterocycles. The van der Waals surface area contributed by atoms with Crippen LogP contribution < -0.4 is 5.73 Å². The summed E-state index contributed by atoms with van der Waals surface area (Å²) in [6.45, 7) is 4.32. The zero-order chi connectivity index (χ0) is 11.3. The third kappa shape index (κ3) is 2.73. The largest absolute Gasteiger partial charge is 0.369 e. The van der Waals surface area contributed by atoms with Gasteiger partial charge in [0.05, 0.1) is 5.41 Å². The van der Waals surface area contributed by atoms with Gasteiger partial charge in [0.1, 0.15) is 0 Å². The van der Waals surface area contributed by atoms with Gasteiger partial charge in [-0.2, -0.15) is 0 Å².